The number of aromatic nitrogens is 3. The maximum atomic E-state index is 6.14. The first-order valence-corrected chi connectivity index (χ1v) is 8.48. The van der Waals surface area contributed by atoms with E-state index >= 15 is 0 Å². The van der Waals surface area contributed by atoms with E-state index < -0.39 is 0 Å². The molecule has 1 atom stereocenters. The molecule has 4 rings (SSSR count). The van der Waals surface area contributed by atoms with Crippen molar-refractivity contribution in [1.82, 2.24) is 19.7 Å². The molecule has 0 bridgehead atoms. The molecule has 0 aromatic carbocycles. The van der Waals surface area contributed by atoms with E-state index in [0.29, 0.717) is 0 Å². The standard InChI is InChI=1S/C15H20N4OS/c1-2-12(1)11-20-14-8-18(10-15-16-5-6-21-15)7-13-3-4-17-19(13)9-14/h3-6,12,14H,1-2,7-11H2. The minimum absolute atomic E-state index is 0.228. The van der Waals surface area contributed by atoms with Crippen molar-refractivity contribution < 1.29 is 4.74 Å². The van der Waals surface area contributed by atoms with Crippen LogP contribution in [0.15, 0.2) is 23.8 Å². The second-order valence-electron chi connectivity index (χ2n) is 6.00. The van der Waals surface area contributed by atoms with Crippen LogP contribution in [0.1, 0.15) is 23.5 Å². The number of thiazole rings is 1. The fraction of sp³-hybridized carbons (Fsp3) is 0.600. The number of ether oxygens (including phenoxy) is 1. The molecule has 2 aliphatic rings. The highest BCUT2D eigenvalue weighted by molar-refractivity contribution is 7.09. The zero-order valence-corrected chi connectivity index (χ0v) is 12.8. The normalized spacial score (nSPS) is 23.0. The van der Waals surface area contributed by atoms with E-state index in [1.165, 1.54) is 23.5 Å². The second kappa shape index (κ2) is 5.87. The molecule has 0 spiro atoms. The molecule has 2 aromatic rings. The molecule has 1 aliphatic carbocycles. The molecule has 3 heterocycles. The van der Waals surface area contributed by atoms with Crippen molar-refractivity contribution in [2.45, 2.75) is 38.6 Å². The van der Waals surface area contributed by atoms with E-state index in [1.807, 2.05) is 17.8 Å². The molecule has 0 N–H and O–H groups in total. The van der Waals surface area contributed by atoms with Crippen LogP contribution in [0.2, 0.25) is 0 Å². The maximum absolute atomic E-state index is 6.14. The topological polar surface area (TPSA) is 43.2 Å². The SMILES string of the molecule is c1csc(CN2Cc3ccnn3CC(OCC3CC3)C2)n1. The summed E-state index contributed by atoms with van der Waals surface area (Å²) in [7, 11) is 0. The minimum Gasteiger partial charge on any atom is -0.375 e. The third-order valence-corrected chi connectivity index (χ3v) is 4.90. The molecule has 1 saturated carbocycles. The lowest BCUT2D eigenvalue weighted by Crippen LogP contribution is -2.33. The number of nitrogens with zero attached hydrogens (tertiary/aromatic N) is 4. The van der Waals surface area contributed by atoms with E-state index in [-0.39, 0.29) is 6.10 Å². The van der Waals surface area contributed by atoms with E-state index in [0.717, 1.165) is 38.7 Å². The molecule has 5 nitrogen and oxygen atoms in total. The van der Waals surface area contributed by atoms with Crippen LogP contribution < -0.4 is 0 Å². The van der Waals surface area contributed by atoms with Gasteiger partial charge in [0.2, 0.25) is 0 Å². The van der Waals surface area contributed by atoms with Crippen LogP contribution in [0, 0.1) is 5.92 Å². The number of hydrogen-bond donors (Lipinski definition) is 0. The lowest BCUT2D eigenvalue weighted by molar-refractivity contribution is 0.0123. The highest BCUT2D eigenvalue weighted by atomic mass is 32.1. The highest BCUT2D eigenvalue weighted by Gasteiger charge is 2.27. The van der Waals surface area contributed by atoms with Crippen molar-refractivity contribution in [2.24, 2.45) is 5.92 Å². The Kier molecular flexibility index (Phi) is 3.75. The number of fused-ring (bicyclic) bond motifs is 1. The smallest absolute Gasteiger partial charge is 0.107 e. The molecule has 112 valence electrons. The summed E-state index contributed by atoms with van der Waals surface area (Å²) in [4.78, 5) is 6.83. The van der Waals surface area contributed by atoms with Crippen LogP contribution >= 0.6 is 11.3 Å². The first-order chi connectivity index (χ1) is 10.4. The summed E-state index contributed by atoms with van der Waals surface area (Å²) in [5, 5.41) is 7.65. The first kappa shape index (κ1) is 13.4. The van der Waals surface area contributed by atoms with Gasteiger partial charge < -0.3 is 4.74 Å². The van der Waals surface area contributed by atoms with Crippen LogP contribution in [0.3, 0.4) is 0 Å². The summed E-state index contributed by atoms with van der Waals surface area (Å²) < 4.78 is 8.24. The van der Waals surface area contributed by atoms with Crippen molar-refractivity contribution in [1.29, 1.82) is 0 Å². The van der Waals surface area contributed by atoms with Crippen LogP contribution in [0.4, 0.5) is 0 Å². The maximum Gasteiger partial charge on any atom is 0.107 e. The van der Waals surface area contributed by atoms with Gasteiger partial charge in [0.1, 0.15) is 5.01 Å². The van der Waals surface area contributed by atoms with E-state index in [2.05, 4.69) is 25.7 Å². The van der Waals surface area contributed by atoms with E-state index in [1.54, 1.807) is 11.3 Å². The van der Waals surface area contributed by atoms with Gasteiger partial charge in [0.25, 0.3) is 0 Å². The molecule has 0 radical (unpaired) electrons. The van der Waals surface area contributed by atoms with Crippen molar-refractivity contribution in [3.8, 4) is 0 Å². The monoisotopic (exact) mass is 304 g/mol. The third-order valence-electron chi connectivity index (χ3n) is 4.14. The Bertz CT molecular complexity index is 578. The number of rotatable bonds is 5. The second-order valence-corrected chi connectivity index (χ2v) is 6.98. The molecule has 1 unspecified atom stereocenters. The van der Waals surface area contributed by atoms with Crippen LogP contribution in [-0.2, 0) is 24.4 Å². The highest BCUT2D eigenvalue weighted by Crippen LogP contribution is 2.29. The fourth-order valence-corrected chi connectivity index (χ4v) is 3.45. The quantitative estimate of drug-likeness (QED) is 0.849. The largest absolute Gasteiger partial charge is 0.375 e. The molecular formula is C15H20N4OS. The van der Waals surface area contributed by atoms with E-state index in [9.17, 15) is 0 Å². The van der Waals surface area contributed by atoms with Crippen molar-refractivity contribution >= 4 is 11.3 Å². The van der Waals surface area contributed by atoms with Gasteiger partial charge in [-0.2, -0.15) is 5.10 Å². The molecule has 0 saturated heterocycles. The third kappa shape index (κ3) is 3.33. The summed E-state index contributed by atoms with van der Waals surface area (Å²) in [6, 6.07) is 2.11. The predicted molar refractivity (Wildman–Crippen MR) is 80.9 cm³/mol. The molecule has 2 aromatic heterocycles. The van der Waals surface area contributed by atoms with Gasteiger partial charge >= 0.3 is 0 Å². The van der Waals surface area contributed by atoms with Gasteiger partial charge in [-0.15, -0.1) is 11.3 Å². The van der Waals surface area contributed by atoms with Gasteiger partial charge in [-0.3, -0.25) is 9.58 Å². The zero-order valence-electron chi connectivity index (χ0n) is 12.0. The van der Waals surface area contributed by atoms with E-state index in [4.69, 9.17) is 4.74 Å². The first-order valence-electron chi connectivity index (χ1n) is 7.60. The number of hydrogen-bond acceptors (Lipinski definition) is 5. The van der Waals surface area contributed by atoms with Gasteiger partial charge in [0.05, 0.1) is 24.9 Å². The van der Waals surface area contributed by atoms with Gasteiger partial charge in [-0.25, -0.2) is 4.98 Å². The minimum atomic E-state index is 0.228. The van der Waals surface area contributed by atoms with Gasteiger partial charge in [0.15, 0.2) is 0 Å². The molecule has 21 heavy (non-hydrogen) atoms. The van der Waals surface area contributed by atoms with Crippen molar-refractivity contribution in [3.05, 3.63) is 34.5 Å². The Morgan fingerprint density at radius 2 is 2.24 bits per heavy atom. The Balaban J connectivity index is 1.47. The summed E-state index contributed by atoms with van der Waals surface area (Å²) in [5.74, 6) is 0.803. The van der Waals surface area contributed by atoms with Gasteiger partial charge in [-0.1, -0.05) is 0 Å². The summed E-state index contributed by atoms with van der Waals surface area (Å²) in [6.45, 7) is 4.54. The molecule has 6 heteroatoms. The average molecular weight is 304 g/mol. The lowest BCUT2D eigenvalue weighted by Gasteiger charge is -2.23. The lowest BCUT2D eigenvalue weighted by atomic mass is 10.3. The summed E-state index contributed by atoms with van der Waals surface area (Å²) >= 11 is 1.72. The summed E-state index contributed by atoms with van der Waals surface area (Å²) in [5.41, 5.74) is 1.27. The van der Waals surface area contributed by atoms with Crippen molar-refractivity contribution in [2.75, 3.05) is 13.2 Å². The van der Waals surface area contributed by atoms with Crippen LogP contribution in [-0.4, -0.2) is 38.9 Å². The molecule has 1 fully saturated rings. The Labute approximate surface area is 128 Å². The molecule has 0 amide bonds. The predicted octanol–water partition coefficient (Wildman–Crippen LogP) is 2.15. The van der Waals surface area contributed by atoms with Crippen LogP contribution in [0.5, 0.6) is 0 Å². The molecule has 1 aliphatic heterocycles. The van der Waals surface area contributed by atoms with Gasteiger partial charge in [-0.05, 0) is 24.8 Å². The van der Waals surface area contributed by atoms with Crippen molar-refractivity contribution in [3.63, 3.8) is 0 Å². The average Bonchev–Trinajstić information content (AvgIpc) is 3.05. The zero-order chi connectivity index (χ0) is 14.1. The molecular weight excluding hydrogens is 284 g/mol. The Morgan fingerprint density at radius 3 is 3.05 bits per heavy atom. The summed E-state index contributed by atoms with van der Waals surface area (Å²) in [6.07, 6.45) is 6.67. The van der Waals surface area contributed by atoms with Crippen LogP contribution in [0.25, 0.3) is 0 Å². The van der Waals surface area contributed by atoms with Gasteiger partial charge in [0, 0.05) is 37.5 Å². The fourth-order valence-electron chi connectivity index (χ4n) is 2.80. The Hall–Kier alpha value is -1.24. The Morgan fingerprint density at radius 1 is 1.29 bits per heavy atom.